The Hall–Kier alpha value is -4.02. The highest BCUT2D eigenvalue weighted by atomic mass is 32.2. The summed E-state index contributed by atoms with van der Waals surface area (Å²) in [5.41, 5.74) is 11.1. The molecule has 1 aromatic carbocycles. The first-order chi connectivity index (χ1) is 19.5. The summed E-state index contributed by atoms with van der Waals surface area (Å²) in [6.45, 7) is 1.06. The third-order valence-electron chi connectivity index (χ3n) is 7.64. The van der Waals surface area contributed by atoms with Gasteiger partial charge >= 0.3 is 0 Å². The number of ether oxygens (including phenoxy) is 3. The van der Waals surface area contributed by atoms with Crippen LogP contribution in [0.5, 0.6) is 17.2 Å². The molecule has 1 atom stereocenters. The monoisotopic (exact) mass is 555 g/mol. The van der Waals surface area contributed by atoms with Gasteiger partial charge in [0.1, 0.15) is 17.0 Å². The lowest BCUT2D eigenvalue weighted by atomic mass is 9.77. The van der Waals surface area contributed by atoms with Crippen LogP contribution >= 0.6 is 11.8 Å². The van der Waals surface area contributed by atoms with Crippen LogP contribution in [0.2, 0.25) is 0 Å². The number of aromatic nitrogens is 3. The highest BCUT2D eigenvalue weighted by molar-refractivity contribution is 8.13. The van der Waals surface area contributed by atoms with E-state index in [4.69, 9.17) is 24.9 Å². The number of aliphatic imine (C=N–C) groups is 1. The van der Waals surface area contributed by atoms with Gasteiger partial charge in [-0.3, -0.25) is 9.97 Å². The predicted octanol–water partition coefficient (Wildman–Crippen LogP) is 5.37. The van der Waals surface area contributed by atoms with Crippen molar-refractivity contribution in [2.45, 2.75) is 24.8 Å². The van der Waals surface area contributed by atoms with Crippen molar-refractivity contribution in [2.75, 3.05) is 26.1 Å². The van der Waals surface area contributed by atoms with Gasteiger partial charge in [-0.25, -0.2) is 9.98 Å². The highest BCUT2D eigenvalue weighted by Crippen LogP contribution is 2.54. The van der Waals surface area contributed by atoms with E-state index in [1.807, 2.05) is 36.4 Å². The van der Waals surface area contributed by atoms with E-state index in [1.54, 1.807) is 19.5 Å². The summed E-state index contributed by atoms with van der Waals surface area (Å²) in [5.74, 6) is 1.44. The second-order valence-corrected chi connectivity index (χ2v) is 11.1. The summed E-state index contributed by atoms with van der Waals surface area (Å²) in [5, 5.41) is 1.42. The van der Waals surface area contributed by atoms with Crippen LogP contribution in [0.4, 0.5) is 4.39 Å². The molecule has 40 heavy (non-hydrogen) atoms. The van der Waals surface area contributed by atoms with E-state index >= 15 is 4.39 Å². The van der Waals surface area contributed by atoms with Crippen molar-refractivity contribution in [2.24, 2.45) is 10.7 Å². The summed E-state index contributed by atoms with van der Waals surface area (Å²) in [6.07, 6.45) is 7.29. The Bertz CT molecular complexity index is 1730. The fourth-order valence-corrected chi connectivity index (χ4v) is 6.51. The van der Waals surface area contributed by atoms with E-state index in [2.05, 4.69) is 21.0 Å². The van der Waals surface area contributed by atoms with Gasteiger partial charge in [0.05, 0.1) is 43.4 Å². The molecule has 0 bridgehead atoms. The van der Waals surface area contributed by atoms with Crippen LogP contribution in [0.25, 0.3) is 16.5 Å². The van der Waals surface area contributed by atoms with E-state index < -0.39 is 11.5 Å². The third-order valence-corrected chi connectivity index (χ3v) is 8.44. The first-order valence-electron chi connectivity index (χ1n) is 13.1. The zero-order valence-electron chi connectivity index (χ0n) is 21.8. The van der Waals surface area contributed by atoms with Crippen LogP contribution in [0.15, 0.2) is 59.9 Å². The Morgan fingerprint density at radius 3 is 2.90 bits per heavy atom. The van der Waals surface area contributed by atoms with Crippen LogP contribution in [0, 0.1) is 5.95 Å². The first kappa shape index (κ1) is 25.0. The average molecular weight is 556 g/mol. The molecule has 3 aliphatic heterocycles. The van der Waals surface area contributed by atoms with Gasteiger partial charge < -0.3 is 19.9 Å². The Morgan fingerprint density at radius 2 is 2.08 bits per heavy atom. The number of nitrogens with zero attached hydrogens (tertiary/aromatic N) is 4. The Balaban J connectivity index is 1.35. The lowest BCUT2D eigenvalue weighted by molar-refractivity contribution is 0.161. The number of halogens is 1. The molecule has 4 aromatic rings. The van der Waals surface area contributed by atoms with Crippen LogP contribution < -0.4 is 15.2 Å². The number of thioether (sulfide) groups is 1. The second kappa shape index (κ2) is 9.87. The maximum absolute atomic E-state index is 15.6. The van der Waals surface area contributed by atoms with E-state index in [1.165, 1.54) is 11.8 Å². The first-order valence-corrected chi connectivity index (χ1v) is 14.1. The van der Waals surface area contributed by atoms with Gasteiger partial charge in [-0.1, -0.05) is 23.9 Å². The van der Waals surface area contributed by atoms with Crippen molar-refractivity contribution in [3.63, 3.8) is 0 Å². The summed E-state index contributed by atoms with van der Waals surface area (Å²) < 4.78 is 32.5. The number of nitrogens with two attached hydrogens (primary N) is 1. The van der Waals surface area contributed by atoms with Crippen molar-refractivity contribution in [1.29, 1.82) is 0 Å². The molecule has 0 radical (unpaired) electrons. The maximum atomic E-state index is 15.6. The van der Waals surface area contributed by atoms with E-state index in [9.17, 15) is 0 Å². The Labute approximate surface area is 234 Å². The van der Waals surface area contributed by atoms with Gasteiger partial charge in [0.25, 0.3) is 5.95 Å². The van der Waals surface area contributed by atoms with Crippen molar-refractivity contribution >= 4 is 33.4 Å². The summed E-state index contributed by atoms with van der Waals surface area (Å²) in [6, 6.07) is 11.7. The Kier molecular flexibility index (Phi) is 6.16. The molecule has 0 fully saturated rings. The van der Waals surface area contributed by atoms with Gasteiger partial charge in [0.15, 0.2) is 10.9 Å². The molecular formula is C30H26FN5O3S. The van der Waals surface area contributed by atoms with Crippen LogP contribution in [-0.4, -0.2) is 46.2 Å². The minimum absolute atomic E-state index is 0.106. The normalized spacial score (nSPS) is 19.9. The van der Waals surface area contributed by atoms with Crippen LogP contribution in [-0.2, 0) is 16.7 Å². The molecule has 0 saturated carbocycles. The molecule has 0 aliphatic carbocycles. The molecule has 8 nitrogen and oxygen atoms in total. The van der Waals surface area contributed by atoms with Crippen molar-refractivity contribution in [3.05, 3.63) is 88.9 Å². The molecule has 3 aliphatic rings. The van der Waals surface area contributed by atoms with Gasteiger partial charge in [-0.05, 0) is 54.3 Å². The zero-order chi connectivity index (χ0) is 27.3. The summed E-state index contributed by atoms with van der Waals surface area (Å²) >= 11 is 1.50. The SMILES string of the molecule is COc1cnc2c(Cc3ccc4c(c3)[C@@]3(CCSC(N)=N3)c3cc(C5=CCOCC5)nc(F)c3O4)nccc2c1. The van der Waals surface area contributed by atoms with E-state index in [0.29, 0.717) is 60.4 Å². The largest absolute Gasteiger partial charge is 0.495 e. The zero-order valence-corrected chi connectivity index (χ0v) is 22.6. The summed E-state index contributed by atoms with van der Waals surface area (Å²) in [7, 11) is 1.62. The van der Waals surface area contributed by atoms with Gasteiger partial charge in [-0.15, -0.1) is 0 Å². The second-order valence-electron chi connectivity index (χ2n) is 9.95. The lowest BCUT2D eigenvalue weighted by Crippen LogP contribution is -2.36. The van der Waals surface area contributed by atoms with Gasteiger partial charge in [0.2, 0.25) is 0 Å². The molecule has 0 unspecified atom stereocenters. The number of amidine groups is 1. The number of methoxy groups -OCH3 is 1. The minimum atomic E-state index is -0.893. The maximum Gasteiger partial charge on any atom is 0.256 e. The highest BCUT2D eigenvalue weighted by Gasteiger charge is 2.46. The predicted molar refractivity (Wildman–Crippen MR) is 152 cm³/mol. The topological polar surface area (TPSA) is 105 Å². The van der Waals surface area contributed by atoms with Crippen molar-refractivity contribution < 1.29 is 18.6 Å². The van der Waals surface area contributed by atoms with E-state index in [-0.39, 0.29) is 5.75 Å². The molecular weight excluding hydrogens is 529 g/mol. The molecule has 1 spiro atoms. The molecule has 7 rings (SSSR count). The number of rotatable bonds is 4. The molecule has 6 heterocycles. The smallest absolute Gasteiger partial charge is 0.256 e. The third kappa shape index (κ3) is 4.18. The van der Waals surface area contributed by atoms with Crippen LogP contribution in [0.3, 0.4) is 0 Å². The molecule has 202 valence electrons. The summed E-state index contributed by atoms with van der Waals surface area (Å²) in [4.78, 5) is 18.5. The number of hydrogen-bond donors (Lipinski definition) is 1. The van der Waals surface area contributed by atoms with Crippen molar-refractivity contribution in [1.82, 2.24) is 15.0 Å². The number of benzene rings is 1. The van der Waals surface area contributed by atoms with Gasteiger partial charge in [0, 0.05) is 34.9 Å². The quantitative estimate of drug-likeness (QED) is 0.335. The molecule has 10 heteroatoms. The molecule has 3 aromatic heterocycles. The standard InChI is InChI=1S/C30H26FN5O3S/c1-37-20-14-19-4-8-33-24(26(19)34-16-20)13-17-2-3-25-21(12-17)30(7-11-40-29(32)36-30)22-15-23(18-5-9-38-10-6-18)35-28(31)27(22)39-25/h2-5,8,12,14-16H,6-7,9-11,13H2,1H3,(H2,32,36)/t30-/m0/s1. The number of fused-ring (bicyclic) bond motifs is 5. The van der Waals surface area contributed by atoms with Crippen molar-refractivity contribution in [3.8, 4) is 17.2 Å². The molecule has 2 N–H and O–H groups in total. The minimum Gasteiger partial charge on any atom is -0.495 e. The van der Waals surface area contributed by atoms with Gasteiger partial charge in [-0.2, -0.15) is 4.39 Å². The number of hydrogen-bond acceptors (Lipinski definition) is 9. The Morgan fingerprint density at radius 1 is 1.15 bits per heavy atom. The fraction of sp³-hybridized carbons (Fsp3) is 0.267. The fourth-order valence-electron chi connectivity index (χ4n) is 5.69. The van der Waals surface area contributed by atoms with Crippen LogP contribution in [0.1, 0.15) is 40.9 Å². The average Bonchev–Trinajstić information content (AvgIpc) is 2.98. The molecule has 0 amide bonds. The number of pyridine rings is 3. The lowest BCUT2D eigenvalue weighted by Gasteiger charge is -2.39. The molecule has 0 saturated heterocycles. The van der Waals surface area contributed by atoms with E-state index in [0.717, 1.165) is 39.0 Å².